The molecule has 160 valence electrons. The molecule has 1 saturated heterocycles. The Morgan fingerprint density at radius 2 is 1.77 bits per heavy atom. The lowest BCUT2D eigenvalue weighted by molar-refractivity contribution is -0.127. The molecule has 0 aliphatic carbocycles. The van der Waals surface area contributed by atoms with E-state index in [9.17, 15) is 4.79 Å². The summed E-state index contributed by atoms with van der Waals surface area (Å²) in [4.78, 5) is 15.1. The molecule has 0 aromatic heterocycles. The first-order valence-corrected chi connectivity index (χ1v) is 11.1. The van der Waals surface area contributed by atoms with Gasteiger partial charge in [0, 0.05) is 28.1 Å². The van der Waals surface area contributed by atoms with Crippen molar-refractivity contribution in [2.45, 2.75) is 32.4 Å². The van der Waals surface area contributed by atoms with E-state index in [1.165, 1.54) is 0 Å². The zero-order chi connectivity index (χ0) is 21.1. The van der Waals surface area contributed by atoms with Crippen molar-refractivity contribution < 1.29 is 14.3 Å². The zero-order valence-corrected chi connectivity index (χ0v) is 18.5. The minimum Gasteiger partial charge on any atom is -0.486 e. The first kappa shape index (κ1) is 21.3. The second kappa shape index (κ2) is 9.46. The average molecular weight is 449 g/mol. The molecule has 0 saturated carbocycles. The lowest BCUT2D eigenvalue weighted by Crippen LogP contribution is -2.41. The van der Waals surface area contributed by atoms with Crippen LogP contribution in [0.2, 0.25) is 10.0 Å². The molecule has 5 nitrogen and oxygen atoms in total. The van der Waals surface area contributed by atoms with E-state index in [1.54, 1.807) is 0 Å². The van der Waals surface area contributed by atoms with E-state index in [-0.39, 0.29) is 17.9 Å². The number of piperidine rings is 1. The average Bonchev–Trinajstić information content (AvgIpc) is 2.76. The van der Waals surface area contributed by atoms with Gasteiger partial charge in [0.05, 0.1) is 6.04 Å². The molecule has 2 aliphatic heterocycles. The largest absolute Gasteiger partial charge is 0.486 e. The summed E-state index contributed by atoms with van der Waals surface area (Å²) in [5.41, 5.74) is 1.97. The number of nitrogens with zero attached hydrogens (tertiary/aromatic N) is 1. The number of nitrogens with one attached hydrogen (secondary N) is 1. The summed E-state index contributed by atoms with van der Waals surface area (Å²) in [6, 6.07) is 11.3. The third kappa shape index (κ3) is 4.85. The maximum Gasteiger partial charge on any atom is 0.223 e. The van der Waals surface area contributed by atoms with Gasteiger partial charge in [-0.3, -0.25) is 9.69 Å². The molecule has 1 N–H and O–H groups in total. The van der Waals surface area contributed by atoms with Crippen LogP contribution in [0.1, 0.15) is 36.9 Å². The van der Waals surface area contributed by atoms with Gasteiger partial charge in [0.1, 0.15) is 13.2 Å². The van der Waals surface area contributed by atoms with Gasteiger partial charge in [0.25, 0.3) is 0 Å². The van der Waals surface area contributed by atoms with Crippen molar-refractivity contribution in [2.75, 3.05) is 26.3 Å². The highest BCUT2D eigenvalue weighted by Gasteiger charge is 2.27. The minimum atomic E-state index is -0.0895. The van der Waals surface area contributed by atoms with Gasteiger partial charge in [0.15, 0.2) is 11.5 Å². The smallest absolute Gasteiger partial charge is 0.223 e. The third-order valence-electron chi connectivity index (χ3n) is 5.83. The molecule has 2 aliphatic rings. The standard InChI is InChI=1S/C23H26Cl2N2O3/c1-15(17-5-6-21-22(13-17)30-12-11-29-21)26-23(28)16-7-9-27(10-8-16)14-18-19(24)3-2-4-20(18)25/h2-6,13,15-16H,7-12,14H2,1H3,(H,26,28)/t15-/m0/s1. The van der Waals surface area contributed by atoms with Crippen LogP contribution in [0.4, 0.5) is 0 Å². The summed E-state index contributed by atoms with van der Waals surface area (Å²) in [5, 5.41) is 4.54. The Hall–Kier alpha value is -1.95. The summed E-state index contributed by atoms with van der Waals surface area (Å²) in [5.74, 6) is 1.62. The molecule has 30 heavy (non-hydrogen) atoms. The second-order valence-corrected chi connectivity index (χ2v) is 8.70. The van der Waals surface area contributed by atoms with Crippen LogP contribution in [0.5, 0.6) is 11.5 Å². The van der Waals surface area contributed by atoms with Crippen molar-refractivity contribution in [3.63, 3.8) is 0 Å². The van der Waals surface area contributed by atoms with E-state index in [4.69, 9.17) is 32.7 Å². The third-order valence-corrected chi connectivity index (χ3v) is 6.53. The van der Waals surface area contributed by atoms with Crippen LogP contribution in [0.25, 0.3) is 0 Å². The maximum atomic E-state index is 12.8. The number of hydrogen-bond donors (Lipinski definition) is 1. The van der Waals surface area contributed by atoms with Crippen molar-refractivity contribution in [1.82, 2.24) is 10.2 Å². The first-order valence-electron chi connectivity index (χ1n) is 10.4. The summed E-state index contributed by atoms with van der Waals surface area (Å²) < 4.78 is 11.2. The molecule has 7 heteroatoms. The molecular weight excluding hydrogens is 423 g/mol. The molecule has 1 fully saturated rings. The highest BCUT2D eigenvalue weighted by molar-refractivity contribution is 6.35. The summed E-state index contributed by atoms with van der Waals surface area (Å²) in [6.07, 6.45) is 1.64. The van der Waals surface area contributed by atoms with Crippen LogP contribution in [0, 0.1) is 5.92 Å². The molecule has 2 aromatic carbocycles. The fourth-order valence-electron chi connectivity index (χ4n) is 4.00. The van der Waals surface area contributed by atoms with Crippen LogP contribution in [-0.4, -0.2) is 37.1 Å². The Labute approximate surface area is 187 Å². The molecular formula is C23H26Cl2N2O3. The van der Waals surface area contributed by atoms with Crippen LogP contribution in [0.3, 0.4) is 0 Å². The molecule has 1 amide bonds. The van der Waals surface area contributed by atoms with Crippen molar-refractivity contribution in [1.29, 1.82) is 0 Å². The predicted octanol–water partition coefficient (Wildman–Crippen LogP) is 4.85. The van der Waals surface area contributed by atoms with Gasteiger partial charge in [-0.15, -0.1) is 0 Å². The molecule has 0 radical (unpaired) electrons. The number of carbonyl (C=O) groups is 1. The van der Waals surface area contributed by atoms with Crippen LogP contribution < -0.4 is 14.8 Å². The number of likely N-dealkylation sites (tertiary alicyclic amines) is 1. The number of benzene rings is 2. The first-order chi connectivity index (χ1) is 14.5. The van der Waals surface area contributed by atoms with Gasteiger partial charge in [-0.05, 0) is 62.7 Å². The number of hydrogen-bond acceptors (Lipinski definition) is 4. The lowest BCUT2D eigenvalue weighted by Gasteiger charge is -2.32. The van der Waals surface area contributed by atoms with Crippen molar-refractivity contribution in [3.8, 4) is 11.5 Å². The summed E-state index contributed by atoms with van der Waals surface area (Å²) in [6.45, 7) is 5.52. The minimum absolute atomic E-state index is 0.0163. The lowest BCUT2D eigenvalue weighted by atomic mass is 9.94. The van der Waals surface area contributed by atoms with E-state index >= 15 is 0 Å². The Kier molecular flexibility index (Phi) is 6.71. The number of amides is 1. The number of halogens is 2. The van der Waals surface area contributed by atoms with E-state index in [2.05, 4.69) is 10.2 Å². The molecule has 0 unspecified atom stereocenters. The number of ether oxygens (including phenoxy) is 2. The topological polar surface area (TPSA) is 50.8 Å². The molecule has 2 aromatic rings. The highest BCUT2D eigenvalue weighted by Crippen LogP contribution is 2.33. The second-order valence-electron chi connectivity index (χ2n) is 7.88. The predicted molar refractivity (Wildman–Crippen MR) is 118 cm³/mol. The number of rotatable bonds is 5. The van der Waals surface area contributed by atoms with Crippen molar-refractivity contribution in [2.24, 2.45) is 5.92 Å². The Balaban J connectivity index is 1.30. The SMILES string of the molecule is C[C@H](NC(=O)C1CCN(Cc2c(Cl)cccc2Cl)CC1)c1ccc2c(c1)OCCO2. The van der Waals surface area contributed by atoms with E-state index < -0.39 is 0 Å². The number of carbonyl (C=O) groups excluding carboxylic acids is 1. The van der Waals surface area contributed by atoms with Crippen LogP contribution >= 0.6 is 23.2 Å². The maximum absolute atomic E-state index is 12.8. The Bertz CT molecular complexity index is 893. The summed E-state index contributed by atoms with van der Waals surface area (Å²) in [7, 11) is 0. The quantitative estimate of drug-likeness (QED) is 0.709. The van der Waals surface area contributed by atoms with Gasteiger partial charge >= 0.3 is 0 Å². The van der Waals surface area contributed by atoms with Gasteiger partial charge < -0.3 is 14.8 Å². The summed E-state index contributed by atoms with van der Waals surface area (Å²) >= 11 is 12.6. The van der Waals surface area contributed by atoms with E-state index in [0.717, 1.165) is 48.6 Å². The highest BCUT2D eigenvalue weighted by atomic mass is 35.5. The van der Waals surface area contributed by atoms with E-state index in [0.29, 0.717) is 29.8 Å². The molecule has 0 bridgehead atoms. The Morgan fingerprint density at radius 3 is 2.47 bits per heavy atom. The Morgan fingerprint density at radius 1 is 1.10 bits per heavy atom. The van der Waals surface area contributed by atoms with Crippen molar-refractivity contribution in [3.05, 3.63) is 57.6 Å². The molecule has 1 atom stereocenters. The van der Waals surface area contributed by atoms with Crippen molar-refractivity contribution >= 4 is 29.1 Å². The van der Waals surface area contributed by atoms with Gasteiger partial charge in [0.2, 0.25) is 5.91 Å². The normalized spacial score (nSPS) is 18.1. The monoisotopic (exact) mass is 448 g/mol. The van der Waals surface area contributed by atoms with E-state index in [1.807, 2.05) is 43.3 Å². The van der Waals surface area contributed by atoms with Crippen LogP contribution in [-0.2, 0) is 11.3 Å². The van der Waals surface area contributed by atoms with Gasteiger partial charge in [-0.25, -0.2) is 0 Å². The molecule has 0 spiro atoms. The van der Waals surface area contributed by atoms with Gasteiger partial charge in [-0.2, -0.15) is 0 Å². The van der Waals surface area contributed by atoms with Gasteiger partial charge in [-0.1, -0.05) is 35.3 Å². The number of fused-ring (bicyclic) bond motifs is 1. The molecule has 2 heterocycles. The fourth-order valence-corrected chi connectivity index (χ4v) is 4.52. The zero-order valence-electron chi connectivity index (χ0n) is 17.0. The van der Waals surface area contributed by atoms with Crippen LogP contribution in [0.15, 0.2) is 36.4 Å². The molecule has 4 rings (SSSR count). The fraction of sp³-hybridized carbons (Fsp3) is 0.435.